The number of unbranched alkanes of at least 4 members (excludes halogenated alkanes) is 16. The Labute approximate surface area is 216 Å². The molecule has 212 valence electrons. The van der Waals surface area contributed by atoms with Crippen LogP contribution in [0.1, 0.15) is 122 Å². The molecule has 3 atom stereocenters. The van der Waals surface area contributed by atoms with E-state index in [-0.39, 0.29) is 19.6 Å². The molecule has 0 aliphatic heterocycles. The Hall–Kier alpha value is -0.0100. The summed E-state index contributed by atoms with van der Waals surface area (Å²) in [6.07, 6.45) is 20.2. The van der Waals surface area contributed by atoms with Crippen molar-refractivity contribution in [2.45, 2.75) is 134 Å². The minimum Gasteiger partial charge on any atom is -0.776 e. The second-order valence-electron chi connectivity index (χ2n) is 11.5. The predicted octanol–water partition coefficient (Wildman–Crippen LogP) is 5.35. The summed E-state index contributed by atoms with van der Waals surface area (Å²) in [4.78, 5) is 22.4. The number of ether oxygens (including phenoxy) is 1. The third-order valence-electron chi connectivity index (χ3n) is 6.66. The van der Waals surface area contributed by atoms with Crippen LogP contribution in [-0.2, 0) is 9.30 Å². The maximum absolute atomic E-state index is 12.3. The van der Waals surface area contributed by atoms with Crippen LogP contribution in [0.15, 0.2) is 0 Å². The number of hydrogen-bond acceptors (Lipinski definition) is 5. The Morgan fingerprint density at radius 1 is 0.800 bits per heavy atom. The molecule has 0 spiro atoms. The second kappa shape index (κ2) is 20.0. The summed E-state index contributed by atoms with van der Waals surface area (Å²) in [6, 6.07) is 0. The molecule has 0 radical (unpaired) electrons. The molecular formula is C27H58NO6P. The molecule has 0 aromatic carbocycles. The topological polar surface area (TPSA) is 110 Å². The van der Waals surface area contributed by atoms with Crippen molar-refractivity contribution in [2.24, 2.45) is 0 Å². The number of nitrogens with zero attached hydrogens (tertiary/aromatic N) is 1. The average molecular weight is 524 g/mol. The monoisotopic (exact) mass is 523 g/mol. The Kier molecular flexibility index (Phi) is 20.0. The van der Waals surface area contributed by atoms with E-state index in [1.165, 1.54) is 83.5 Å². The van der Waals surface area contributed by atoms with Gasteiger partial charge in [-0.3, -0.25) is 0 Å². The van der Waals surface area contributed by atoms with Crippen LogP contribution >= 0.6 is 7.60 Å². The first-order valence-corrected chi connectivity index (χ1v) is 15.8. The fourth-order valence-electron chi connectivity index (χ4n) is 4.68. The first-order valence-electron chi connectivity index (χ1n) is 14.2. The van der Waals surface area contributed by atoms with Gasteiger partial charge in [0.25, 0.3) is 0 Å². The maximum atomic E-state index is 12.3. The van der Waals surface area contributed by atoms with Gasteiger partial charge in [-0.25, -0.2) is 0 Å². The van der Waals surface area contributed by atoms with E-state index in [0.717, 1.165) is 19.3 Å². The molecular weight excluding hydrogens is 465 g/mol. The van der Waals surface area contributed by atoms with Crippen LogP contribution < -0.4 is 4.89 Å². The van der Waals surface area contributed by atoms with Gasteiger partial charge in [-0.05, 0) is 12.8 Å². The molecule has 0 bridgehead atoms. The number of hydrogen-bond donors (Lipinski definition) is 3. The zero-order valence-corrected chi connectivity index (χ0v) is 24.3. The number of aliphatic hydroxyl groups excluding tert-OH is 2. The first kappa shape index (κ1) is 35.0. The summed E-state index contributed by atoms with van der Waals surface area (Å²) in [5.74, 6) is 0. The van der Waals surface area contributed by atoms with Crippen LogP contribution in [0.5, 0.6) is 0 Å². The molecule has 8 heteroatoms. The highest BCUT2D eigenvalue weighted by Gasteiger charge is 2.45. The molecule has 3 unspecified atom stereocenters. The summed E-state index contributed by atoms with van der Waals surface area (Å²) < 4.78 is 18.2. The van der Waals surface area contributed by atoms with E-state index in [9.17, 15) is 19.5 Å². The molecule has 0 amide bonds. The minimum absolute atomic E-state index is 0.0707. The van der Waals surface area contributed by atoms with Gasteiger partial charge in [0.05, 0.1) is 34.4 Å². The maximum Gasteiger partial charge on any atom is 0.180 e. The van der Waals surface area contributed by atoms with Crippen LogP contribution in [0.3, 0.4) is 0 Å². The summed E-state index contributed by atoms with van der Waals surface area (Å²) in [6.45, 7) is 1.48. The van der Waals surface area contributed by atoms with E-state index in [0.29, 0.717) is 10.9 Å². The Morgan fingerprint density at radius 3 is 1.49 bits per heavy atom. The van der Waals surface area contributed by atoms with Crippen molar-refractivity contribution in [1.82, 2.24) is 0 Å². The molecule has 0 saturated heterocycles. The molecule has 0 aromatic rings. The fraction of sp³-hybridized carbons (Fsp3) is 1.00. The molecule has 3 N–H and O–H groups in total. The number of quaternary nitrogens is 1. The van der Waals surface area contributed by atoms with Gasteiger partial charge >= 0.3 is 0 Å². The molecule has 7 nitrogen and oxygen atoms in total. The van der Waals surface area contributed by atoms with Gasteiger partial charge in [0.1, 0.15) is 12.6 Å². The zero-order valence-electron chi connectivity index (χ0n) is 23.4. The minimum atomic E-state index is -4.84. The molecule has 0 aliphatic carbocycles. The molecule has 0 aliphatic rings. The van der Waals surface area contributed by atoms with E-state index in [2.05, 4.69) is 6.92 Å². The standard InChI is InChI=1S/C27H58NO6P/c1-5-6-7-8-9-10-11-12-13-14-15-16-17-18-19-20-21-22-27(35(31,32)33,25-28(2,3)4)34-24-26(30)23-29/h26,29-30H,5-25H2,1-4H3,(H-,31,32,33). The third-order valence-corrected chi connectivity index (χ3v) is 8.19. The summed E-state index contributed by atoms with van der Waals surface area (Å²) in [7, 11) is 0.673. The van der Waals surface area contributed by atoms with Gasteiger partial charge in [0.2, 0.25) is 0 Å². The Morgan fingerprint density at radius 2 is 1.17 bits per heavy atom. The van der Waals surface area contributed by atoms with Crippen molar-refractivity contribution in [3.63, 3.8) is 0 Å². The van der Waals surface area contributed by atoms with Gasteiger partial charge in [-0.15, -0.1) is 0 Å². The van der Waals surface area contributed by atoms with Crippen molar-refractivity contribution < 1.29 is 33.8 Å². The van der Waals surface area contributed by atoms with Crippen LogP contribution in [0.4, 0.5) is 0 Å². The summed E-state index contributed by atoms with van der Waals surface area (Å²) in [5, 5.41) is 17.0. The van der Waals surface area contributed by atoms with Gasteiger partial charge < -0.3 is 33.8 Å². The van der Waals surface area contributed by atoms with Crippen molar-refractivity contribution >= 4 is 7.60 Å². The fourth-order valence-corrected chi connectivity index (χ4v) is 5.96. The van der Waals surface area contributed by atoms with Crippen molar-refractivity contribution in [2.75, 3.05) is 40.9 Å². The molecule has 0 aromatic heterocycles. The van der Waals surface area contributed by atoms with Gasteiger partial charge in [0.15, 0.2) is 12.9 Å². The number of rotatable bonds is 25. The lowest BCUT2D eigenvalue weighted by Crippen LogP contribution is -2.53. The molecule has 0 saturated carbocycles. The van der Waals surface area contributed by atoms with Crippen molar-refractivity contribution in [3.8, 4) is 0 Å². The van der Waals surface area contributed by atoms with Gasteiger partial charge in [0, 0.05) is 0 Å². The predicted molar refractivity (Wildman–Crippen MR) is 143 cm³/mol. The normalized spacial score (nSPS) is 16.7. The molecule has 0 fully saturated rings. The van der Waals surface area contributed by atoms with E-state index < -0.39 is 25.6 Å². The SMILES string of the molecule is CCCCCCCCCCCCCCCCCCCC(C[N+](C)(C)C)(OCC(O)CO)P(=O)([O-])O. The Balaban J connectivity index is 4.07. The van der Waals surface area contributed by atoms with E-state index in [1.807, 2.05) is 21.1 Å². The quantitative estimate of drug-likeness (QED) is 0.0846. The first-order chi connectivity index (χ1) is 16.5. The van der Waals surface area contributed by atoms with E-state index in [1.54, 1.807) is 0 Å². The van der Waals surface area contributed by atoms with E-state index in [4.69, 9.17) is 9.84 Å². The van der Waals surface area contributed by atoms with E-state index >= 15 is 0 Å². The molecule has 0 rings (SSSR count). The largest absolute Gasteiger partial charge is 0.776 e. The van der Waals surface area contributed by atoms with Gasteiger partial charge in [-0.2, -0.15) is 0 Å². The van der Waals surface area contributed by atoms with Crippen LogP contribution in [-0.4, -0.2) is 71.9 Å². The lowest BCUT2D eigenvalue weighted by Gasteiger charge is -2.44. The number of likely N-dealkylation sites (N-methyl/N-ethyl adjacent to an activating group) is 1. The molecule has 35 heavy (non-hydrogen) atoms. The highest BCUT2D eigenvalue weighted by Crippen LogP contribution is 2.51. The highest BCUT2D eigenvalue weighted by molar-refractivity contribution is 7.51. The number of aliphatic hydroxyl groups is 2. The van der Waals surface area contributed by atoms with Crippen LogP contribution in [0.25, 0.3) is 0 Å². The lowest BCUT2D eigenvalue weighted by molar-refractivity contribution is -0.875. The molecule has 0 heterocycles. The van der Waals surface area contributed by atoms with Crippen LogP contribution in [0.2, 0.25) is 0 Å². The average Bonchev–Trinajstić information content (AvgIpc) is 2.77. The zero-order chi connectivity index (χ0) is 26.6. The lowest BCUT2D eigenvalue weighted by atomic mass is 10.0. The van der Waals surface area contributed by atoms with Crippen molar-refractivity contribution in [3.05, 3.63) is 0 Å². The highest BCUT2D eigenvalue weighted by atomic mass is 31.2. The summed E-state index contributed by atoms with van der Waals surface area (Å²) in [5.41, 5.74) is 0. The van der Waals surface area contributed by atoms with Gasteiger partial charge in [-0.1, -0.05) is 110 Å². The van der Waals surface area contributed by atoms with Crippen LogP contribution in [0, 0.1) is 0 Å². The Bertz CT molecular complexity index is 536. The smallest absolute Gasteiger partial charge is 0.180 e. The summed E-state index contributed by atoms with van der Waals surface area (Å²) >= 11 is 0. The third kappa shape index (κ3) is 18.8. The second-order valence-corrected chi connectivity index (χ2v) is 13.3. The van der Waals surface area contributed by atoms with Crippen molar-refractivity contribution in [1.29, 1.82) is 0 Å².